The molecule has 414 valence electrons. The molecule has 0 amide bonds. The quantitative estimate of drug-likeness (QED) is 0.0195. The largest absolute Gasteiger partial charge is 0.756 e. The fraction of sp³-hybridized carbons (Fsp3) is 0.803. The minimum Gasteiger partial charge on any atom is -0.756 e. The Morgan fingerprint density at radius 1 is 0.437 bits per heavy atom. The molecule has 71 heavy (non-hydrogen) atoms. The van der Waals surface area contributed by atoms with Crippen molar-refractivity contribution in [1.29, 1.82) is 0 Å². The number of hydrogen-bond acceptors (Lipinski definition) is 8. The lowest BCUT2D eigenvalue weighted by atomic mass is 10.0. The van der Waals surface area contributed by atoms with Crippen LogP contribution in [0.5, 0.6) is 0 Å². The number of rotatable bonds is 54. The Morgan fingerprint density at radius 3 is 1.17 bits per heavy atom. The highest BCUT2D eigenvalue weighted by Gasteiger charge is 2.22. The average Bonchev–Trinajstić information content (AvgIpc) is 3.33. The zero-order valence-electron chi connectivity index (χ0n) is 46.9. The Bertz CT molecular complexity index is 1380. The third-order valence-corrected chi connectivity index (χ3v) is 13.7. The van der Waals surface area contributed by atoms with Crippen molar-refractivity contribution in [3.63, 3.8) is 0 Å². The first-order valence-corrected chi connectivity index (χ1v) is 31.0. The number of esters is 2. The fourth-order valence-electron chi connectivity index (χ4n) is 8.15. The second-order valence-corrected chi connectivity index (χ2v) is 22.4. The number of unbranched alkanes of at least 4 members (excludes halogenated alkanes) is 30. The van der Waals surface area contributed by atoms with Gasteiger partial charge in [0, 0.05) is 12.8 Å². The molecule has 2 unspecified atom stereocenters. The topological polar surface area (TPSA) is 111 Å². The molecule has 0 radical (unpaired) electrons. The SMILES string of the molecule is CCCC/C=C\C/C=C\CCCCCCCC(=O)OCC(COP(=O)([O-])OCC[N+](C)(C)C)OC(=O)CCCCCCCCCCCCCCCCCCCC/C=C\C/C=C\C/C=C\CCCCCCC. The first kappa shape index (κ1) is 68.7. The maximum absolute atomic E-state index is 12.8. The first-order valence-electron chi connectivity index (χ1n) is 29.5. The monoisotopic (exact) mass is 1020 g/mol. The number of carbonyl (C=O) groups excluding carboxylic acids is 2. The van der Waals surface area contributed by atoms with E-state index in [1.807, 2.05) is 21.1 Å². The number of likely N-dealkylation sites (N-methyl/N-ethyl adjacent to an activating group) is 1. The summed E-state index contributed by atoms with van der Waals surface area (Å²) < 4.78 is 34.1. The standard InChI is InChI=1S/C61H112NO8P/c1-6-8-10-12-14-16-18-20-22-23-24-25-26-27-28-29-30-31-32-33-34-35-36-37-38-39-40-42-44-46-48-50-52-54-61(64)70-59(58-69-71(65,66)68-56-55-62(3,4)5)57-67-60(63)53-51-49-47-45-43-41-21-19-17-15-13-11-9-7-2/h13,15,18-21,23-24,26-27,59H,6-12,14,16-17,22,25,28-58H2,1-5H3/b15-13-,20-18-,21-19-,24-23-,27-26-. The van der Waals surface area contributed by atoms with Crippen molar-refractivity contribution >= 4 is 19.8 Å². The minimum absolute atomic E-state index is 0.0337. The van der Waals surface area contributed by atoms with Gasteiger partial charge >= 0.3 is 11.9 Å². The van der Waals surface area contributed by atoms with Crippen LogP contribution < -0.4 is 4.89 Å². The molecule has 0 aliphatic carbocycles. The van der Waals surface area contributed by atoms with Gasteiger partial charge in [-0.2, -0.15) is 0 Å². The predicted molar refractivity (Wildman–Crippen MR) is 300 cm³/mol. The molecule has 0 saturated carbocycles. The van der Waals surface area contributed by atoms with E-state index in [0.29, 0.717) is 23.9 Å². The van der Waals surface area contributed by atoms with Crippen LogP contribution in [0.25, 0.3) is 0 Å². The van der Waals surface area contributed by atoms with Crippen LogP contribution in [0.1, 0.15) is 264 Å². The van der Waals surface area contributed by atoms with Crippen molar-refractivity contribution in [2.24, 2.45) is 0 Å². The Morgan fingerprint density at radius 2 is 0.775 bits per heavy atom. The number of allylic oxidation sites excluding steroid dienone is 10. The molecule has 0 spiro atoms. The summed E-state index contributed by atoms with van der Waals surface area (Å²) in [6.45, 7) is 4.18. The van der Waals surface area contributed by atoms with Gasteiger partial charge in [-0.15, -0.1) is 0 Å². The maximum Gasteiger partial charge on any atom is 0.306 e. The number of ether oxygens (including phenoxy) is 2. The number of phosphoric acid groups is 1. The van der Waals surface area contributed by atoms with Gasteiger partial charge in [-0.1, -0.05) is 235 Å². The summed E-state index contributed by atoms with van der Waals surface area (Å²) in [6.07, 6.45) is 67.1. The molecule has 10 heteroatoms. The third-order valence-electron chi connectivity index (χ3n) is 12.8. The van der Waals surface area contributed by atoms with Gasteiger partial charge < -0.3 is 27.9 Å². The molecule has 0 aromatic heterocycles. The van der Waals surface area contributed by atoms with Gasteiger partial charge in [-0.3, -0.25) is 14.2 Å². The van der Waals surface area contributed by atoms with Gasteiger partial charge in [0.15, 0.2) is 6.10 Å². The highest BCUT2D eigenvalue weighted by molar-refractivity contribution is 7.45. The molecule has 0 N–H and O–H groups in total. The smallest absolute Gasteiger partial charge is 0.306 e. The Kier molecular flexibility index (Phi) is 50.9. The molecule has 0 aromatic rings. The van der Waals surface area contributed by atoms with Crippen LogP contribution in [-0.4, -0.2) is 70.0 Å². The summed E-state index contributed by atoms with van der Waals surface area (Å²) in [5, 5.41) is 0. The number of phosphoric ester groups is 1. The van der Waals surface area contributed by atoms with Crippen molar-refractivity contribution in [2.75, 3.05) is 47.5 Å². The lowest BCUT2D eigenvalue weighted by Gasteiger charge is -2.28. The van der Waals surface area contributed by atoms with Gasteiger partial charge in [0.25, 0.3) is 7.82 Å². The van der Waals surface area contributed by atoms with Crippen LogP contribution in [0, 0.1) is 0 Å². The summed E-state index contributed by atoms with van der Waals surface area (Å²) in [7, 11) is 1.16. The third kappa shape index (κ3) is 56.9. The van der Waals surface area contributed by atoms with Crippen LogP contribution in [0.15, 0.2) is 60.8 Å². The predicted octanol–water partition coefficient (Wildman–Crippen LogP) is 17.7. The lowest BCUT2D eigenvalue weighted by Crippen LogP contribution is -2.37. The van der Waals surface area contributed by atoms with E-state index in [4.69, 9.17) is 18.5 Å². The van der Waals surface area contributed by atoms with Gasteiger partial charge in [0.2, 0.25) is 0 Å². The molecule has 0 saturated heterocycles. The molecule has 9 nitrogen and oxygen atoms in total. The zero-order valence-corrected chi connectivity index (χ0v) is 47.8. The van der Waals surface area contributed by atoms with Gasteiger partial charge in [0.1, 0.15) is 19.8 Å². The molecule has 2 atom stereocenters. The average molecular weight is 1020 g/mol. The number of carbonyl (C=O) groups is 2. The van der Waals surface area contributed by atoms with E-state index in [-0.39, 0.29) is 26.1 Å². The Balaban J connectivity index is 4.03. The van der Waals surface area contributed by atoms with Crippen molar-refractivity contribution in [2.45, 2.75) is 270 Å². The Hall–Kier alpha value is -2.29. The summed E-state index contributed by atoms with van der Waals surface area (Å²) in [5.41, 5.74) is 0. The number of quaternary nitrogens is 1. The summed E-state index contributed by atoms with van der Waals surface area (Å²) in [6, 6.07) is 0. The van der Waals surface area contributed by atoms with Gasteiger partial charge in [-0.05, 0) is 77.0 Å². The normalized spacial score (nSPS) is 13.7. The van der Waals surface area contributed by atoms with Crippen LogP contribution in [0.4, 0.5) is 0 Å². The molecule has 0 aliphatic rings. The van der Waals surface area contributed by atoms with Crippen LogP contribution in [-0.2, 0) is 32.7 Å². The summed E-state index contributed by atoms with van der Waals surface area (Å²) >= 11 is 0. The van der Waals surface area contributed by atoms with Crippen molar-refractivity contribution in [1.82, 2.24) is 0 Å². The van der Waals surface area contributed by atoms with Crippen LogP contribution >= 0.6 is 7.82 Å². The summed E-state index contributed by atoms with van der Waals surface area (Å²) in [5.74, 6) is -0.844. The van der Waals surface area contributed by atoms with E-state index in [1.165, 1.54) is 148 Å². The van der Waals surface area contributed by atoms with Crippen LogP contribution in [0.3, 0.4) is 0 Å². The van der Waals surface area contributed by atoms with Gasteiger partial charge in [-0.25, -0.2) is 0 Å². The first-order chi connectivity index (χ1) is 34.5. The van der Waals surface area contributed by atoms with E-state index >= 15 is 0 Å². The molecule has 0 bridgehead atoms. The highest BCUT2D eigenvalue weighted by atomic mass is 31.2. The number of nitrogens with zero attached hydrogens (tertiary/aromatic N) is 1. The second kappa shape index (κ2) is 52.6. The zero-order chi connectivity index (χ0) is 52.0. The van der Waals surface area contributed by atoms with E-state index in [0.717, 1.165) is 77.0 Å². The van der Waals surface area contributed by atoms with E-state index in [2.05, 4.69) is 74.6 Å². The van der Waals surface area contributed by atoms with Crippen LogP contribution in [0.2, 0.25) is 0 Å². The molecule has 0 heterocycles. The Labute approximate surface area is 438 Å². The van der Waals surface area contributed by atoms with Crippen molar-refractivity contribution < 1.29 is 42.1 Å². The molecule has 0 aromatic carbocycles. The maximum atomic E-state index is 12.8. The second-order valence-electron chi connectivity index (χ2n) is 21.0. The molecule has 0 rings (SSSR count). The number of hydrogen-bond donors (Lipinski definition) is 0. The van der Waals surface area contributed by atoms with Crippen molar-refractivity contribution in [3.8, 4) is 0 Å². The molecular weight excluding hydrogens is 906 g/mol. The van der Waals surface area contributed by atoms with Gasteiger partial charge in [0.05, 0.1) is 27.7 Å². The van der Waals surface area contributed by atoms with E-state index in [1.54, 1.807) is 0 Å². The molecular formula is C61H112NO8P. The molecule has 0 fully saturated rings. The lowest BCUT2D eigenvalue weighted by molar-refractivity contribution is -0.870. The van der Waals surface area contributed by atoms with Crippen molar-refractivity contribution in [3.05, 3.63) is 60.8 Å². The molecule has 0 aliphatic heterocycles. The van der Waals surface area contributed by atoms with E-state index < -0.39 is 32.5 Å². The van der Waals surface area contributed by atoms with E-state index in [9.17, 15) is 19.0 Å². The minimum atomic E-state index is -4.64. The fourth-order valence-corrected chi connectivity index (χ4v) is 8.88. The highest BCUT2D eigenvalue weighted by Crippen LogP contribution is 2.38. The summed E-state index contributed by atoms with van der Waals surface area (Å²) in [4.78, 5) is 37.8.